The van der Waals surface area contributed by atoms with Gasteiger partial charge in [0.1, 0.15) is 19.3 Å². The minimum atomic E-state index is -0.451. The van der Waals surface area contributed by atoms with Gasteiger partial charge in [0.2, 0.25) is 0 Å². The molecule has 1 heterocycles. The molecule has 0 aliphatic carbocycles. The molecule has 0 aliphatic heterocycles. The summed E-state index contributed by atoms with van der Waals surface area (Å²) in [6, 6.07) is 23.9. The maximum Gasteiger partial charge on any atom is 0.338 e. The molecule has 0 unspecified atom stereocenters. The number of ketones is 1. The van der Waals surface area contributed by atoms with Gasteiger partial charge >= 0.3 is 5.97 Å². The van der Waals surface area contributed by atoms with E-state index in [1.807, 2.05) is 47.0 Å². The smallest absolute Gasteiger partial charge is 0.338 e. The van der Waals surface area contributed by atoms with Gasteiger partial charge in [-0.1, -0.05) is 30.3 Å². The Labute approximate surface area is 185 Å². The Morgan fingerprint density at radius 2 is 1.69 bits per heavy atom. The highest BCUT2D eigenvalue weighted by Gasteiger charge is 2.15. The van der Waals surface area contributed by atoms with Crippen LogP contribution in [0.3, 0.4) is 0 Å². The van der Waals surface area contributed by atoms with Crippen LogP contribution in [0.4, 0.5) is 0 Å². The number of Topliss-reactive ketones (excluding diaryl/α,β-unsaturated/α-hetero) is 1. The summed E-state index contributed by atoms with van der Waals surface area (Å²) >= 11 is 0. The van der Waals surface area contributed by atoms with Gasteiger partial charge in [-0.2, -0.15) is 5.26 Å². The quantitative estimate of drug-likeness (QED) is 0.318. The van der Waals surface area contributed by atoms with Crippen molar-refractivity contribution in [3.8, 4) is 11.8 Å². The van der Waals surface area contributed by atoms with E-state index in [2.05, 4.69) is 6.07 Å². The van der Waals surface area contributed by atoms with E-state index in [0.717, 1.165) is 16.8 Å². The Morgan fingerprint density at radius 3 is 2.38 bits per heavy atom. The van der Waals surface area contributed by atoms with Gasteiger partial charge in [0.25, 0.3) is 0 Å². The zero-order valence-corrected chi connectivity index (χ0v) is 17.4. The van der Waals surface area contributed by atoms with Crippen molar-refractivity contribution in [2.24, 2.45) is 0 Å². The Balaban J connectivity index is 1.62. The molecule has 0 bridgehead atoms. The van der Waals surface area contributed by atoms with Gasteiger partial charge < -0.3 is 14.0 Å². The lowest BCUT2D eigenvalue weighted by Crippen LogP contribution is -2.07. The van der Waals surface area contributed by atoms with Gasteiger partial charge in [0.15, 0.2) is 5.78 Å². The first kappa shape index (κ1) is 21.0. The number of nitriles is 1. The molecule has 1 aromatic heterocycles. The average molecular weight is 424 g/mol. The summed E-state index contributed by atoms with van der Waals surface area (Å²) in [6.45, 7) is 0.200. The van der Waals surface area contributed by atoms with Gasteiger partial charge in [-0.05, 0) is 48.0 Å². The standard InChI is InChI=1S/C26H20N2O4/c1-31-17-25(29)19-7-10-22(11-8-19)28-15-21(14-27)23-13-20(9-12-24(23)28)26(30)32-16-18-5-3-2-4-6-18/h2-13,15H,16-17H2,1H3. The van der Waals surface area contributed by atoms with Crippen LogP contribution in [0.1, 0.15) is 31.8 Å². The number of esters is 1. The number of carbonyl (C=O) groups is 2. The molecule has 0 aliphatic rings. The van der Waals surface area contributed by atoms with Gasteiger partial charge in [-0.3, -0.25) is 4.79 Å². The monoisotopic (exact) mass is 424 g/mol. The Kier molecular flexibility index (Phi) is 6.11. The van der Waals surface area contributed by atoms with Gasteiger partial charge in [0.05, 0.1) is 16.6 Å². The minimum Gasteiger partial charge on any atom is -0.457 e. The molecule has 158 valence electrons. The fourth-order valence-electron chi connectivity index (χ4n) is 3.49. The van der Waals surface area contributed by atoms with Crippen molar-refractivity contribution < 1.29 is 19.1 Å². The summed E-state index contributed by atoms with van der Waals surface area (Å²) in [4.78, 5) is 24.5. The molecule has 0 fully saturated rings. The zero-order valence-electron chi connectivity index (χ0n) is 17.4. The third-order valence-corrected chi connectivity index (χ3v) is 5.12. The highest BCUT2D eigenvalue weighted by atomic mass is 16.5. The molecule has 0 saturated carbocycles. The number of rotatable bonds is 7. The molecule has 3 aromatic carbocycles. The maximum atomic E-state index is 12.5. The number of benzene rings is 3. The number of hydrogen-bond acceptors (Lipinski definition) is 5. The van der Waals surface area contributed by atoms with Crippen LogP contribution in [-0.2, 0) is 16.1 Å². The second kappa shape index (κ2) is 9.29. The van der Waals surface area contributed by atoms with E-state index < -0.39 is 5.97 Å². The van der Waals surface area contributed by atoms with Crippen LogP contribution < -0.4 is 0 Å². The molecule has 32 heavy (non-hydrogen) atoms. The molecular weight excluding hydrogens is 404 g/mol. The third kappa shape index (κ3) is 4.29. The molecule has 0 N–H and O–H groups in total. The number of methoxy groups -OCH3 is 1. The lowest BCUT2D eigenvalue weighted by Gasteiger charge is -2.08. The molecule has 0 amide bonds. The summed E-state index contributed by atoms with van der Waals surface area (Å²) in [5.74, 6) is -0.554. The first-order chi connectivity index (χ1) is 15.6. The van der Waals surface area contributed by atoms with E-state index in [4.69, 9.17) is 9.47 Å². The van der Waals surface area contributed by atoms with Crippen molar-refractivity contribution in [3.05, 3.63) is 101 Å². The highest BCUT2D eigenvalue weighted by molar-refractivity contribution is 5.98. The number of nitrogens with zero attached hydrogens (tertiary/aromatic N) is 2. The van der Waals surface area contributed by atoms with Crippen molar-refractivity contribution in [1.29, 1.82) is 5.26 Å². The first-order valence-electron chi connectivity index (χ1n) is 9.99. The van der Waals surface area contributed by atoms with E-state index >= 15 is 0 Å². The van der Waals surface area contributed by atoms with Crippen molar-refractivity contribution in [1.82, 2.24) is 4.57 Å². The number of hydrogen-bond donors (Lipinski definition) is 0. The van der Waals surface area contributed by atoms with E-state index in [1.54, 1.807) is 36.5 Å². The van der Waals surface area contributed by atoms with E-state index in [0.29, 0.717) is 22.1 Å². The molecule has 0 spiro atoms. The topological polar surface area (TPSA) is 81.3 Å². The number of carbonyl (C=O) groups excluding carboxylic acids is 2. The summed E-state index contributed by atoms with van der Waals surface area (Å²) in [7, 11) is 1.48. The third-order valence-electron chi connectivity index (χ3n) is 5.12. The van der Waals surface area contributed by atoms with Crippen molar-refractivity contribution in [3.63, 3.8) is 0 Å². The van der Waals surface area contributed by atoms with E-state index in [1.165, 1.54) is 7.11 Å². The first-order valence-corrected chi connectivity index (χ1v) is 9.99. The summed E-state index contributed by atoms with van der Waals surface area (Å²) in [5, 5.41) is 10.3. The summed E-state index contributed by atoms with van der Waals surface area (Å²) in [6.07, 6.45) is 1.72. The molecule has 0 saturated heterocycles. The molecule has 0 radical (unpaired) electrons. The SMILES string of the molecule is COCC(=O)c1ccc(-n2cc(C#N)c3cc(C(=O)OCc4ccccc4)ccc32)cc1. The van der Waals surface area contributed by atoms with Gasteiger partial charge in [-0.15, -0.1) is 0 Å². The molecule has 6 heteroatoms. The summed E-state index contributed by atoms with van der Waals surface area (Å²) in [5.41, 5.74) is 3.84. The predicted molar refractivity (Wildman–Crippen MR) is 120 cm³/mol. The van der Waals surface area contributed by atoms with E-state index in [9.17, 15) is 14.9 Å². The highest BCUT2D eigenvalue weighted by Crippen LogP contribution is 2.26. The number of fused-ring (bicyclic) bond motifs is 1. The fraction of sp³-hybridized carbons (Fsp3) is 0.115. The second-order valence-electron chi connectivity index (χ2n) is 7.22. The minimum absolute atomic E-state index is 0.0214. The average Bonchev–Trinajstić information content (AvgIpc) is 3.21. The van der Waals surface area contributed by atoms with Crippen molar-refractivity contribution in [2.45, 2.75) is 6.61 Å². The summed E-state index contributed by atoms with van der Waals surface area (Å²) < 4.78 is 12.2. The largest absolute Gasteiger partial charge is 0.457 e. The molecule has 0 atom stereocenters. The van der Waals surface area contributed by atoms with Crippen LogP contribution in [0, 0.1) is 11.3 Å². The van der Waals surface area contributed by atoms with Crippen LogP contribution in [0.15, 0.2) is 79.0 Å². The number of ether oxygens (including phenoxy) is 2. The normalized spacial score (nSPS) is 10.6. The van der Waals surface area contributed by atoms with Crippen molar-refractivity contribution >= 4 is 22.7 Å². The Bertz CT molecular complexity index is 1320. The van der Waals surface area contributed by atoms with Crippen LogP contribution in [0.5, 0.6) is 0 Å². The van der Waals surface area contributed by atoms with Crippen LogP contribution >= 0.6 is 0 Å². The second-order valence-corrected chi connectivity index (χ2v) is 7.22. The lowest BCUT2D eigenvalue weighted by atomic mass is 10.1. The lowest BCUT2D eigenvalue weighted by molar-refractivity contribution is 0.0473. The molecule has 4 rings (SSSR count). The molecular formula is C26H20N2O4. The van der Waals surface area contributed by atoms with Gasteiger partial charge in [-0.25, -0.2) is 4.79 Å². The predicted octanol–water partition coefficient (Wildman–Crippen LogP) is 4.69. The Hall–Kier alpha value is -4.21. The van der Waals surface area contributed by atoms with Crippen LogP contribution in [0.2, 0.25) is 0 Å². The Morgan fingerprint density at radius 1 is 0.969 bits per heavy atom. The van der Waals surface area contributed by atoms with Crippen molar-refractivity contribution in [2.75, 3.05) is 13.7 Å². The van der Waals surface area contributed by atoms with E-state index in [-0.39, 0.29) is 19.0 Å². The van der Waals surface area contributed by atoms with Crippen LogP contribution in [-0.4, -0.2) is 30.0 Å². The van der Waals surface area contributed by atoms with Crippen LogP contribution in [0.25, 0.3) is 16.6 Å². The maximum absolute atomic E-state index is 12.5. The molecule has 4 aromatic rings. The molecule has 6 nitrogen and oxygen atoms in total. The van der Waals surface area contributed by atoms with Gasteiger partial charge in [0, 0.05) is 29.9 Å². The zero-order chi connectivity index (χ0) is 22.5. The number of aromatic nitrogens is 1. The fourth-order valence-corrected chi connectivity index (χ4v) is 3.49.